The predicted molar refractivity (Wildman–Crippen MR) is 67.4 cm³/mol. The fourth-order valence-corrected chi connectivity index (χ4v) is 3.10. The van der Waals surface area contributed by atoms with Crippen LogP contribution in [0, 0.1) is 5.92 Å². The lowest BCUT2D eigenvalue weighted by molar-refractivity contribution is 0.173. The van der Waals surface area contributed by atoms with Gasteiger partial charge in [-0.05, 0) is 12.8 Å². The Morgan fingerprint density at radius 3 is 2.44 bits per heavy atom. The second-order valence-corrected chi connectivity index (χ2v) is 6.67. The smallest absolute Gasteiger partial charge is 0.151 e. The van der Waals surface area contributed by atoms with Crippen LogP contribution in [0.3, 0.4) is 0 Å². The van der Waals surface area contributed by atoms with Gasteiger partial charge in [0.2, 0.25) is 0 Å². The molecule has 2 unspecified atom stereocenters. The lowest BCUT2D eigenvalue weighted by Crippen LogP contribution is -2.34. The highest BCUT2D eigenvalue weighted by Crippen LogP contribution is 2.05. The van der Waals surface area contributed by atoms with E-state index in [0.717, 1.165) is 6.42 Å². The van der Waals surface area contributed by atoms with Gasteiger partial charge in [-0.1, -0.05) is 20.3 Å². The zero-order valence-corrected chi connectivity index (χ0v) is 11.6. The highest BCUT2D eigenvalue weighted by atomic mass is 32.2. The second kappa shape index (κ2) is 8.03. The van der Waals surface area contributed by atoms with Gasteiger partial charge in [-0.15, -0.1) is 0 Å². The quantitative estimate of drug-likeness (QED) is 0.666. The van der Waals surface area contributed by atoms with Crippen molar-refractivity contribution in [3.8, 4) is 0 Å². The summed E-state index contributed by atoms with van der Waals surface area (Å²) in [6, 6.07) is 0.198. The lowest BCUT2D eigenvalue weighted by atomic mass is 10.2. The molecule has 0 heterocycles. The summed E-state index contributed by atoms with van der Waals surface area (Å²) in [4.78, 5) is 0. The summed E-state index contributed by atoms with van der Waals surface area (Å²) in [5.74, 6) is 0.760. The van der Waals surface area contributed by atoms with E-state index in [9.17, 15) is 8.42 Å². The van der Waals surface area contributed by atoms with Gasteiger partial charge in [-0.2, -0.15) is 0 Å². The van der Waals surface area contributed by atoms with E-state index in [4.69, 9.17) is 4.74 Å². The minimum atomic E-state index is -2.91. The Balaban J connectivity index is 3.82. The highest BCUT2D eigenvalue weighted by Gasteiger charge is 2.14. The standard InChI is InChI=1S/C11H25NO3S/c1-5-10(2)9-16(13,14)7-6-12-11(3)8-15-4/h10-12H,5-9H2,1-4H3. The first kappa shape index (κ1) is 15.9. The third-order valence-corrected chi connectivity index (χ3v) is 4.46. The monoisotopic (exact) mass is 251 g/mol. The maximum Gasteiger partial charge on any atom is 0.151 e. The summed E-state index contributed by atoms with van der Waals surface area (Å²) in [6.45, 7) is 7.07. The summed E-state index contributed by atoms with van der Waals surface area (Å²) in [6.07, 6.45) is 0.909. The van der Waals surface area contributed by atoms with Crippen molar-refractivity contribution in [2.45, 2.75) is 33.2 Å². The highest BCUT2D eigenvalue weighted by molar-refractivity contribution is 7.91. The van der Waals surface area contributed by atoms with Crippen molar-refractivity contribution in [1.82, 2.24) is 5.32 Å². The van der Waals surface area contributed by atoms with Gasteiger partial charge in [0.15, 0.2) is 9.84 Å². The molecule has 2 atom stereocenters. The Hall–Kier alpha value is -0.130. The first-order chi connectivity index (χ1) is 7.41. The molecule has 0 aliphatic rings. The number of methoxy groups -OCH3 is 1. The molecule has 0 fully saturated rings. The Morgan fingerprint density at radius 2 is 1.94 bits per heavy atom. The predicted octanol–water partition coefficient (Wildman–Crippen LogP) is 1.07. The Bertz CT molecular complexity index is 264. The molecular weight excluding hydrogens is 226 g/mol. The van der Waals surface area contributed by atoms with Gasteiger partial charge in [-0.25, -0.2) is 8.42 Å². The number of sulfone groups is 1. The normalized spacial score (nSPS) is 16.0. The third-order valence-electron chi connectivity index (χ3n) is 2.56. The summed E-state index contributed by atoms with van der Waals surface area (Å²) in [7, 11) is -1.27. The van der Waals surface area contributed by atoms with E-state index in [2.05, 4.69) is 5.32 Å². The Labute approximate surface area is 99.7 Å². The summed E-state index contributed by atoms with van der Waals surface area (Å²) in [5.41, 5.74) is 0. The molecule has 16 heavy (non-hydrogen) atoms. The molecule has 4 nitrogen and oxygen atoms in total. The van der Waals surface area contributed by atoms with E-state index in [1.807, 2.05) is 20.8 Å². The molecule has 0 aromatic rings. The molecule has 0 rings (SSSR count). The Kier molecular flexibility index (Phi) is 7.97. The number of hydrogen-bond acceptors (Lipinski definition) is 4. The number of rotatable bonds is 9. The molecule has 98 valence electrons. The van der Waals surface area contributed by atoms with Crippen molar-refractivity contribution >= 4 is 9.84 Å². The zero-order valence-electron chi connectivity index (χ0n) is 10.8. The van der Waals surface area contributed by atoms with Gasteiger partial charge in [0.05, 0.1) is 18.1 Å². The van der Waals surface area contributed by atoms with E-state index in [1.54, 1.807) is 7.11 Å². The molecule has 0 aliphatic carbocycles. The van der Waals surface area contributed by atoms with E-state index >= 15 is 0 Å². The van der Waals surface area contributed by atoms with Crippen molar-refractivity contribution in [2.75, 3.05) is 31.8 Å². The molecule has 0 aromatic carbocycles. The fourth-order valence-electron chi connectivity index (χ4n) is 1.40. The summed E-state index contributed by atoms with van der Waals surface area (Å²) < 4.78 is 28.3. The third kappa shape index (κ3) is 8.07. The molecular formula is C11H25NO3S. The van der Waals surface area contributed by atoms with Gasteiger partial charge >= 0.3 is 0 Å². The van der Waals surface area contributed by atoms with Gasteiger partial charge in [0.25, 0.3) is 0 Å². The average molecular weight is 251 g/mol. The van der Waals surface area contributed by atoms with Crippen LogP contribution in [0.1, 0.15) is 27.2 Å². The molecule has 0 aliphatic heterocycles. The molecule has 0 radical (unpaired) electrons. The van der Waals surface area contributed by atoms with Crippen LogP contribution in [0.25, 0.3) is 0 Å². The first-order valence-electron chi connectivity index (χ1n) is 5.84. The van der Waals surface area contributed by atoms with Crippen LogP contribution >= 0.6 is 0 Å². The molecule has 0 spiro atoms. The number of nitrogens with one attached hydrogen (secondary N) is 1. The van der Waals surface area contributed by atoms with E-state index in [0.29, 0.717) is 18.9 Å². The van der Waals surface area contributed by atoms with Crippen LogP contribution in [-0.4, -0.2) is 46.2 Å². The van der Waals surface area contributed by atoms with Crippen LogP contribution in [0.2, 0.25) is 0 Å². The second-order valence-electron chi connectivity index (χ2n) is 4.44. The van der Waals surface area contributed by atoms with Crippen LogP contribution in [-0.2, 0) is 14.6 Å². The van der Waals surface area contributed by atoms with Gasteiger partial charge in [0, 0.05) is 19.7 Å². The molecule has 0 saturated carbocycles. The van der Waals surface area contributed by atoms with Crippen molar-refractivity contribution in [2.24, 2.45) is 5.92 Å². The molecule has 0 amide bonds. The van der Waals surface area contributed by atoms with E-state index in [1.165, 1.54) is 0 Å². The van der Waals surface area contributed by atoms with E-state index < -0.39 is 9.84 Å². The van der Waals surface area contributed by atoms with Crippen molar-refractivity contribution in [1.29, 1.82) is 0 Å². The topological polar surface area (TPSA) is 55.4 Å². The zero-order chi connectivity index (χ0) is 12.6. The van der Waals surface area contributed by atoms with Crippen LogP contribution in [0.15, 0.2) is 0 Å². The molecule has 0 saturated heterocycles. The van der Waals surface area contributed by atoms with Crippen molar-refractivity contribution < 1.29 is 13.2 Å². The SMILES string of the molecule is CCC(C)CS(=O)(=O)CCNC(C)COC. The lowest BCUT2D eigenvalue weighted by Gasteiger charge is -2.13. The maximum atomic E-state index is 11.7. The van der Waals surface area contributed by atoms with Crippen LogP contribution in [0.5, 0.6) is 0 Å². The molecule has 0 bridgehead atoms. The number of ether oxygens (including phenoxy) is 1. The van der Waals surface area contributed by atoms with Gasteiger partial charge < -0.3 is 10.1 Å². The van der Waals surface area contributed by atoms with E-state index in [-0.39, 0.29) is 17.7 Å². The first-order valence-corrected chi connectivity index (χ1v) is 7.66. The molecule has 1 N–H and O–H groups in total. The molecule has 5 heteroatoms. The van der Waals surface area contributed by atoms with Crippen molar-refractivity contribution in [3.05, 3.63) is 0 Å². The minimum absolute atomic E-state index is 0.198. The largest absolute Gasteiger partial charge is 0.383 e. The summed E-state index contributed by atoms with van der Waals surface area (Å²) >= 11 is 0. The van der Waals surface area contributed by atoms with Gasteiger partial charge in [-0.3, -0.25) is 0 Å². The number of hydrogen-bond donors (Lipinski definition) is 1. The van der Waals surface area contributed by atoms with Crippen LogP contribution < -0.4 is 5.32 Å². The van der Waals surface area contributed by atoms with Crippen LogP contribution in [0.4, 0.5) is 0 Å². The van der Waals surface area contributed by atoms with Gasteiger partial charge in [0.1, 0.15) is 0 Å². The summed E-state index contributed by atoms with van der Waals surface area (Å²) in [5, 5.41) is 3.13. The average Bonchev–Trinajstić information content (AvgIpc) is 2.16. The fraction of sp³-hybridized carbons (Fsp3) is 1.00. The minimum Gasteiger partial charge on any atom is -0.383 e. The van der Waals surface area contributed by atoms with Crippen molar-refractivity contribution in [3.63, 3.8) is 0 Å². The molecule has 0 aromatic heterocycles. The maximum absolute atomic E-state index is 11.7. The Morgan fingerprint density at radius 1 is 1.31 bits per heavy atom.